The number of aliphatic hydroxyl groups is 1. The second kappa shape index (κ2) is 6.50. The molecule has 1 amide bonds. The van der Waals surface area contributed by atoms with Gasteiger partial charge in [0.2, 0.25) is 5.91 Å². The van der Waals surface area contributed by atoms with Crippen molar-refractivity contribution in [1.29, 1.82) is 0 Å². The molecular weight excluding hydrogens is 260 g/mol. The molecule has 0 saturated carbocycles. The zero-order chi connectivity index (χ0) is 13.7. The summed E-state index contributed by atoms with van der Waals surface area (Å²) in [6.07, 6.45) is 2.70. The maximum Gasteiger partial charge on any atom is 0.234 e. The fourth-order valence-corrected chi connectivity index (χ4v) is 3.27. The highest BCUT2D eigenvalue weighted by molar-refractivity contribution is 7.09. The molecule has 1 saturated heterocycles. The van der Waals surface area contributed by atoms with E-state index in [-0.39, 0.29) is 5.91 Å². The standard InChI is InChI=1S/C14H22N2O2S/c1-2-6-14(18)10-16(11-14)9-13(17)15-7-5-12-4-3-8-19-12/h3-4,8,18H,2,5-7,9-11H2,1H3,(H,15,17). The third-order valence-electron chi connectivity index (χ3n) is 3.39. The van der Waals surface area contributed by atoms with Gasteiger partial charge in [0.25, 0.3) is 0 Å². The predicted molar refractivity (Wildman–Crippen MR) is 77.3 cm³/mol. The van der Waals surface area contributed by atoms with Crippen LogP contribution in [0.4, 0.5) is 0 Å². The third-order valence-corrected chi connectivity index (χ3v) is 4.33. The molecule has 0 aliphatic carbocycles. The zero-order valence-electron chi connectivity index (χ0n) is 11.4. The molecule has 0 atom stereocenters. The summed E-state index contributed by atoms with van der Waals surface area (Å²) >= 11 is 1.71. The maximum absolute atomic E-state index is 11.7. The van der Waals surface area contributed by atoms with E-state index in [1.807, 2.05) is 16.3 Å². The minimum Gasteiger partial charge on any atom is -0.387 e. The van der Waals surface area contributed by atoms with E-state index in [9.17, 15) is 9.90 Å². The number of thiophene rings is 1. The lowest BCUT2D eigenvalue weighted by Gasteiger charge is -2.46. The summed E-state index contributed by atoms with van der Waals surface area (Å²) in [5.41, 5.74) is -0.550. The topological polar surface area (TPSA) is 52.6 Å². The van der Waals surface area contributed by atoms with Gasteiger partial charge in [-0.2, -0.15) is 0 Å². The highest BCUT2D eigenvalue weighted by Crippen LogP contribution is 2.24. The SMILES string of the molecule is CCCC1(O)CN(CC(=O)NCCc2cccs2)C1. The van der Waals surface area contributed by atoms with Gasteiger partial charge in [-0.25, -0.2) is 0 Å². The molecule has 1 aliphatic rings. The molecule has 1 aromatic heterocycles. The average molecular weight is 282 g/mol. The van der Waals surface area contributed by atoms with Gasteiger partial charge in [-0.15, -0.1) is 11.3 Å². The van der Waals surface area contributed by atoms with Crippen LogP contribution in [0.15, 0.2) is 17.5 Å². The van der Waals surface area contributed by atoms with Gasteiger partial charge in [-0.3, -0.25) is 9.69 Å². The van der Waals surface area contributed by atoms with Crippen LogP contribution in [0.25, 0.3) is 0 Å². The van der Waals surface area contributed by atoms with Gasteiger partial charge < -0.3 is 10.4 Å². The van der Waals surface area contributed by atoms with Crippen molar-refractivity contribution in [2.45, 2.75) is 31.8 Å². The lowest BCUT2D eigenvalue weighted by atomic mass is 9.89. The van der Waals surface area contributed by atoms with Crippen molar-refractivity contribution >= 4 is 17.2 Å². The predicted octanol–water partition coefficient (Wildman–Crippen LogP) is 1.25. The molecule has 0 unspecified atom stereocenters. The number of likely N-dealkylation sites (tertiary alicyclic amines) is 1. The van der Waals surface area contributed by atoms with E-state index in [0.29, 0.717) is 26.2 Å². The number of nitrogens with zero attached hydrogens (tertiary/aromatic N) is 1. The second-order valence-corrected chi connectivity index (χ2v) is 6.33. The van der Waals surface area contributed by atoms with Gasteiger partial charge in [0.1, 0.15) is 0 Å². The maximum atomic E-state index is 11.7. The molecule has 1 aromatic rings. The van der Waals surface area contributed by atoms with Crippen LogP contribution < -0.4 is 5.32 Å². The third kappa shape index (κ3) is 4.30. The zero-order valence-corrected chi connectivity index (χ0v) is 12.2. The lowest BCUT2D eigenvalue weighted by molar-refractivity contribution is -0.133. The fraction of sp³-hybridized carbons (Fsp3) is 0.643. The molecule has 0 radical (unpaired) electrons. The van der Waals surface area contributed by atoms with Gasteiger partial charge in [0.15, 0.2) is 0 Å². The Morgan fingerprint density at radius 3 is 3.00 bits per heavy atom. The van der Waals surface area contributed by atoms with E-state index in [0.717, 1.165) is 19.3 Å². The minimum atomic E-state index is -0.550. The first-order valence-corrected chi connectivity index (χ1v) is 7.73. The Bertz CT molecular complexity index is 400. The molecule has 19 heavy (non-hydrogen) atoms. The molecule has 1 aliphatic heterocycles. The average Bonchev–Trinajstić information content (AvgIpc) is 2.80. The van der Waals surface area contributed by atoms with E-state index in [1.54, 1.807) is 11.3 Å². The van der Waals surface area contributed by atoms with E-state index < -0.39 is 5.60 Å². The first-order valence-electron chi connectivity index (χ1n) is 6.85. The van der Waals surface area contributed by atoms with Crippen molar-refractivity contribution in [3.8, 4) is 0 Å². The Morgan fingerprint density at radius 2 is 2.37 bits per heavy atom. The minimum absolute atomic E-state index is 0.0510. The van der Waals surface area contributed by atoms with Crippen molar-refractivity contribution in [3.05, 3.63) is 22.4 Å². The monoisotopic (exact) mass is 282 g/mol. The Morgan fingerprint density at radius 1 is 1.58 bits per heavy atom. The Labute approximate surface area is 118 Å². The number of carbonyl (C=O) groups is 1. The van der Waals surface area contributed by atoms with Gasteiger partial charge >= 0.3 is 0 Å². The van der Waals surface area contributed by atoms with Gasteiger partial charge in [-0.1, -0.05) is 19.4 Å². The largest absolute Gasteiger partial charge is 0.387 e. The van der Waals surface area contributed by atoms with Crippen LogP contribution in [0.3, 0.4) is 0 Å². The summed E-state index contributed by atoms with van der Waals surface area (Å²) < 4.78 is 0. The summed E-state index contributed by atoms with van der Waals surface area (Å²) in [4.78, 5) is 15.0. The Hall–Kier alpha value is -0.910. The molecule has 2 heterocycles. The molecule has 0 spiro atoms. The van der Waals surface area contributed by atoms with E-state index >= 15 is 0 Å². The van der Waals surface area contributed by atoms with Crippen molar-refractivity contribution in [1.82, 2.24) is 10.2 Å². The molecule has 2 rings (SSSR count). The normalized spacial score (nSPS) is 18.0. The lowest BCUT2D eigenvalue weighted by Crippen LogP contribution is -2.63. The number of hydrogen-bond acceptors (Lipinski definition) is 4. The number of β-amino-alcohol motifs (C(OH)–C–C–N with tert-alkyl or cyclic N) is 1. The molecule has 0 aromatic carbocycles. The van der Waals surface area contributed by atoms with E-state index in [2.05, 4.69) is 18.3 Å². The fourth-order valence-electron chi connectivity index (χ4n) is 2.56. The molecule has 4 nitrogen and oxygen atoms in total. The quantitative estimate of drug-likeness (QED) is 0.791. The number of nitrogens with one attached hydrogen (secondary N) is 1. The van der Waals surface area contributed by atoms with Crippen LogP contribution in [0.2, 0.25) is 0 Å². The van der Waals surface area contributed by atoms with E-state index in [1.165, 1.54) is 4.88 Å². The van der Waals surface area contributed by atoms with Crippen molar-refractivity contribution < 1.29 is 9.90 Å². The molecular formula is C14H22N2O2S. The van der Waals surface area contributed by atoms with Crippen LogP contribution in [-0.2, 0) is 11.2 Å². The van der Waals surface area contributed by atoms with Crippen molar-refractivity contribution in [2.75, 3.05) is 26.2 Å². The van der Waals surface area contributed by atoms with Crippen LogP contribution in [-0.4, -0.2) is 47.7 Å². The highest BCUT2D eigenvalue weighted by Gasteiger charge is 2.40. The number of amides is 1. The summed E-state index contributed by atoms with van der Waals surface area (Å²) in [5, 5.41) is 15.0. The van der Waals surface area contributed by atoms with Gasteiger partial charge in [-0.05, 0) is 24.3 Å². The van der Waals surface area contributed by atoms with Crippen LogP contribution in [0, 0.1) is 0 Å². The second-order valence-electron chi connectivity index (χ2n) is 5.30. The number of rotatable bonds is 7. The van der Waals surface area contributed by atoms with Crippen LogP contribution >= 0.6 is 11.3 Å². The number of carbonyl (C=O) groups excluding carboxylic acids is 1. The Kier molecular flexibility index (Phi) is 4.96. The molecule has 5 heteroatoms. The summed E-state index contributed by atoms with van der Waals surface area (Å²) in [5.74, 6) is 0.0510. The summed E-state index contributed by atoms with van der Waals surface area (Å²) in [6.45, 7) is 4.40. The first kappa shape index (κ1) is 14.5. The molecule has 106 valence electrons. The van der Waals surface area contributed by atoms with Crippen molar-refractivity contribution in [2.24, 2.45) is 0 Å². The summed E-state index contributed by atoms with van der Waals surface area (Å²) in [6, 6.07) is 4.10. The highest BCUT2D eigenvalue weighted by atomic mass is 32.1. The van der Waals surface area contributed by atoms with Gasteiger partial charge in [0.05, 0.1) is 12.1 Å². The Balaban J connectivity index is 1.58. The molecule has 1 fully saturated rings. The van der Waals surface area contributed by atoms with Crippen LogP contribution in [0.5, 0.6) is 0 Å². The smallest absolute Gasteiger partial charge is 0.234 e. The first-order chi connectivity index (χ1) is 9.11. The van der Waals surface area contributed by atoms with Gasteiger partial charge in [0, 0.05) is 24.5 Å². The summed E-state index contributed by atoms with van der Waals surface area (Å²) in [7, 11) is 0. The molecule has 2 N–H and O–H groups in total. The van der Waals surface area contributed by atoms with E-state index in [4.69, 9.17) is 0 Å². The molecule has 0 bridgehead atoms. The van der Waals surface area contributed by atoms with Crippen LogP contribution in [0.1, 0.15) is 24.6 Å². The van der Waals surface area contributed by atoms with Crippen molar-refractivity contribution in [3.63, 3.8) is 0 Å². The number of hydrogen-bond donors (Lipinski definition) is 2.